The van der Waals surface area contributed by atoms with Gasteiger partial charge in [-0.1, -0.05) is 36.4 Å². The highest BCUT2D eigenvalue weighted by Gasteiger charge is 2.30. The highest BCUT2D eigenvalue weighted by atomic mass is 16.5. The first-order chi connectivity index (χ1) is 10.7. The number of esters is 1. The molecule has 0 spiro atoms. The van der Waals surface area contributed by atoms with Crippen molar-refractivity contribution in [3.05, 3.63) is 58.6 Å². The van der Waals surface area contributed by atoms with Crippen molar-refractivity contribution < 1.29 is 13.9 Å². The van der Waals surface area contributed by atoms with Crippen LogP contribution >= 0.6 is 0 Å². The lowest BCUT2D eigenvalue weighted by atomic mass is 10.0. The van der Waals surface area contributed by atoms with Crippen LogP contribution in [0.15, 0.2) is 51.7 Å². The van der Waals surface area contributed by atoms with Gasteiger partial charge in [0.2, 0.25) is 5.76 Å². The largest absolute Gasteiger partial charge is 0.460 e. The molecule has 1 heterocycles. The molecule has 0 fully saturated rings. The van der Waals surface area contributed by atoms with Crippen molar-refractivity contribution >= 4 is 16.7 Å². The van der Waals surface area contributed by atoms with Gasteiger partial charge in [-0.25, -0.2) is 9.59 Å². The fraction of sp³-hybridized carbons (Fsp3) is 0.111. The molecule has 0 N–H and O–H groups in total. The number of carbonyl (C=O) groups is 1. The third-order valence-corrected chi connectivity index (χ3v) is 3.90. The Morgan fingerprint density at radius 1 is 1.05 bits per heavy atom. The van der Waals surface area contributed by atoms with Gasteiger partial charge in [-0.15, -0.1) is 0 Å². The summed E-state index contributed by atoms with van der Waals surface area (Å²) < 4.78 is 10.3. The van der Waals surface area contributed by atoms with Crippen molar-refractivity contribution in [2.45, 2.75) is 6.92 Å². The summed E-state index contributed by atoms with van der Waals surface area (Å²) in [6, 6.07) is 13.2. The van der Waals surface area contributed by atoms with Gasteiger partial charge in [0.1, 0.15) is 0 Å². The summed E-state index contributed by atoms with van der Waals surface area (Å²) in [4.78, 5) is 24.4. The SMILES string of the molecule is CCOC(=O)c1oc(=O)c2cccc3c2c1-c1ccccc1-3. The molecule has 0 saturated carbocycles. The van der Waals surface area contributed by atoms with Crippen molar-refractivity contribution in [2.75, 3.05) is 6.61 Å². The Balaban J connectivity index is 2.18. The van der Waals surface area contributed by atoms with Crippen LogP contribution in [-0.4, -0.2) is 12.6 Å². The summed E-state index contributed by atoms with van der Waals surface area (Å²) in [5.41, 5.74) is 2.97. The van der Waals surface area contributed by atoms with Gasteiger partial charge in [-0.2, -0.15) is 0 Å². The number of fused-ring (bicyclic) bond motifs is 3. The maximum absolute atomic E-state index is 12.2. The summed E-state index contributed by atoms with van der Waals surface area (Å²) in [6.07, 6.45) is 0. The fourth-order valence-electron chi connectivity index (χ4n) is 3.06. The molecule has 4 heteroatoms. The number of hydrogen-bond acceptors (Lipinski definition) is 4. The Morgan fingerprint density at radius 3 is 2.55 bits per heavy atom. The van der Waals surface area contributed by atoms with E-state index >= 15 is 0 Å². The molecule has 3 aromatic rings. The van der Waals surface area contributed by atoms with E-state index in [4.69, 9.17) is 9.15 Å². The molecule has 0 radical (unpaired) electrons. The van der Waals surface area contributed by atoms with E-state index in [1.807, 2.05) is 36.4 Å². The summed E-state index contributed by atoms with van der Waals surface area (Å²) in [5.74, 6) is -0.625. The molecule has 0 atom stereocenters. The second-order valence-electron chi connectivity index (χ2n) is 5.09. The van der Waals surface area contributed by atoms with E-state index in [1.165, 1.54) is 0 Å². The molecule has 4 rings (SSSR count). The summed E-state index contributed by atoms with van der Waals surface area (Å²) in [5, 5.41) is 1.25. The second-order valence-corrected chi connectivity index (χ2v) is 5.09. The Morgan fingerprint density at radius 2 is 1.77 bits per heavy atom. The molecule has 0 bridgehead atoms. The molecule has 108 valence electrons. The van der Waals surface area contributed by atoms with Crippen LogP contribution in [0.2, 0.25) is 0 Å². The zero-order chi connectivity index (χ0) is 15.3. The normalized spacial score (nSPS) is 11.5. The molecule has 1 aliphatic carbocycles. The number of ether oxygens (including phenoxy) is 1. The average molecular weight is 292 g/mol. The minimum absolute atomic E-state index is 0.0169. The Labute approximate surface area is 126 Å². The van der Waals surface area contributed by atoms with Gasteiger partial charge in [0, 0.05) is 10.9 Å². The van der Waals surface area contributed by atoms with Gasteiger partial charge < -0.3 is 9.15 Å². The highest BCUT2D eigenvalue weighted by molar-refractivity contribution is 6.18. The molecular formula is C18H12O4. The van der Waals surface area contributed by atoms with Crippen LogP contribution in [0.3, 0.4) is 0 Å². The van der Waals surface area contributed by atoms with E-state index in [0.717, 1.165) is 22.1 Å². The molecule has 0 amide bonds. The summed E-state index contributed by atoms with van der Waals surface area (Å²) in [6.45, 7) is 1.94. The number of rotatable bonds is 2. The molecule has 0 aliphatic heterocycles. The first-order valence-corrected chi connectivity index (χ1v) is 7.09. The number of benzene rings is 2. The smallest absolute Gasteiger partial charge is 0.375 e. The van der Waals surface area contributed by atoms with Crippen molar-refractivity contribution in [2.24, 2.45) is 0 Å². The lowest BCUT2D eigenvalue weighted by molar-refractivity contribution is 0.0487. The maximum Gasteiger partial charge on any atom is 0.375 e. The molecule has 4 nitrogen and oxygen atoms in total. The van der Waals surface area contributed by atoms with Gasteiger partial charge in [-0.3, -0.25) is 0 Å². The molecule has 2 aromatic carbocycles. The second kappa shape index (κ2) is 4.56. The fourth-order valence-corrected chi connectivity index (χ4v) is 3.06. The number of carbonyl (C=O) groups excluding carboxylic acids is 1. The van der Waals surface area contributed by atoms with Gasteiger partial charge in [0.05, 0.1) is 12.0 Å². The first-order valence-electron chi connectivity index (χ1n) is 7.09. The average Bonchev–Trinajstić information content (AvgIpc) is 2.87. The minimum atomic E-state index is -0.608. The number of hydrogen-bond donors (Lipinski definition) is 0. The summed E-state index contributed by atoms with van der Waals surface area (Å²) in [7, 11) is 0. The van der Waals surface area contributed by atoms with E-state index in [0.29, 0.717) is 10.9 Å². The van der Waals surface area contributed by atoms with Crippen LogP contribution < -0.4 is 5.63 Å². The lowest BCUT2D eigenvalue weighted by Crippen LogP contribution is -2.11. The van der Waals surface area contributed by atoms with Gasteiger partial charge >= 0.3 is 11.6 Å². The third-order valence-electron chi connectivity index (χ3n) is 3.90. The van der Waals surface area contributed by atoms with Crippen LogP contribution in [0.1, 0.15) is 17.5 Å². The predicted molar refractivity (Wildman–Crippen MR) is 82.9 cm³/mol. The van der Waals surface area contributed by atoms with Crippen molar-refractivity contribution in [1.29, 1.82) is 0 Å². The van der Waals surface area contributed by atoms with E-state index < -0.39 is 11.6 Å². The first kappa shape index (κ1) is 12.8. The molecule has 1 aromatic heterocycles. The van der Waals surface area contributed by atoms with Crippen LogP contribution in [0.25, 0.3) is 33.0 Å². The maximum atomic E-state index is 12.2. The van der Waals surface area contributed by atoms with Crippen LogP contribution in [-0.2, 0) is 4.74 Å². The van der Waals surface area contributed by atoms with Crippen LogP contribution in [0, 0.1) is 0 Å². The Kier molecular flexibility index (Phi) is 2.66. The van der Waals surface area contributed by atoms with Crippen molar-refractivity contribution in [3.63, 3.8) is 0 Å². The Bertz CT molecular complexity index is 982. The van der Waals surface area contributed by atoms with Gasteiger partial charge in [0.15, 0.2) is 0 Å². The lowest BCUT2D eigenvalue weighted by Gasteiger charge is -2.07. The van der Waals surface area contributed by atoms with Crippen molar-refractivity contribution in [1.82, 2.24) is 0 Å². The molecule has 0 saturated heterocycles. The monoisotopic (exact) mass is 292 g/mol. The van der Waals surface area contributed by atoms with Crippen LogP contribution in [0.4, 0.5) is 0 Å². The predicted octanol–water partition coefficient (Wildman–Crippen LogP) is 3.62. The molecule has 1 aliphatic rings. The topological polar surface area (TPSA) is 56.5 Å². The molecule has 22 heavy (non-hydrogen) atoms. The third kappa shape index (κ3) is 1.58. The molecule has 0 unspecified atom stereocenters. The zero-order valence-corrected chi connectivity index (χ0v) is 11.9. The standard InChI is InChI=1S/C18H12O4/c1-2-21-18(20)16-15-12-7-4-3-6-10(12)11-8-5-9-13(14(11)15)17(19)22-16/h3-9H,2H2,1H3. The van der Waals surface area contributed by atoms with E-state index in [-0.39, 0.29) is 12.4 Å². The van der Waals surface area contributed by atoms with Crippen LogP contribution in [0.5, 0.6) is 0 Å². The highest BCUT2D eigenvalue weighted by Crippen LogP contribution is 2.47. The molecular weight excluding hydrogens is 280 g/mol. The van der Waals surface area contributed by atoms with Crippen molar-refractivity contribution in [3.8, 4) is 22.3 Å². The van der Waals surface area contributed by atoms with E-state index in [2.05, 4.69) is 0 Å². The zero-order valence-electron chi connectivity index (χ0n) is 11.9. The minimum Gasteiger partial charge on any atom is -0.460 e. The van der Waals surface area contributed by atoms with E-state index in [1.54, 1.807) is 13.0 Å². The van der Waals surface area contributed by atoms with E-state index in [9.17, 15) is 9.59 Å². The van der Waals surface area contributed by atoms with Gasteiger partial charge in [-0.05, 0) is 29.7 Å². The van der Waals surface area contributed by atoms with Gasteiger partial charge in [0.25, 0.3) is 0 Å². The summed E-state index contributed by atoms with van der Waals surface area (Å²) >= 11 is 0. The Hall–Kier alpha value is -2.88. The quantitative estimate of drug-likeness (QED) is 0.529.